The van der Waals surface area contributed by atoms with Crippen molar-refractivity contribution >= 4 is 16.9 Å². The highest BCUT2D eigenvalue weighted by molar-refractivity contribution is 5.91. The lowest BCUT2D eigenvalue weighted by Gasteiger charge is -2.72. The second kappa shape index (κ2) is 11.7. The van der Waals surface area contributed by atoms with Crippen LogP contribution in [0.25, 0.3) is 22.1 Å². The van der Waals surface area contributed by atoms with E-state index in [1.807, 2.05) is 0 Å². The van der Waals surface area contributed by atoms with Gasteiger partial charge in [-0.3, -0.25) is 9.59 Å². The quantitative estimate of drug-likeness (QED) is 0.140. The van der Waals surface area contributed by atoms with Crippen molar-refractivity contribution in [2.24, 2.45) is 56.7 Å². The molecular weight excluding hydrogens is 652 g/mol. The van der Waals surface area contributed by atoms with Gasteiger partial charge in [-0.1, -0.05) is 58.9 Å². The van der Waals surface area contributed by atoms with Gasteiger partial charge >= 0.3 is 5.97 Å². The van der Waals surface area contributed by atoms with Crippen LogP contribution in [0.3, 0.4) is 0 Å². The summed E-state index contributed by atoms with van der Waals surface area (Å²) in [5.41, 5.74) is 1.16. The number of aromatic hydroxyl groups is 2. The highest BCUT2D eigenvalue weighted by Crippen LogP contribution is 2.77. The predicted octanol–water partition coefficient (Wildman–Crippen LogP) is 9.80. The Labute approximate surface area is 307 Å². The van der Waals surface area contributed by atoms with Crippen LogP contribution in [0, 0.1) is 56.7 Å². The topological polar surface area (TPSA) is 117 Å². The average molecular weight is 709 g/mol. The zero-order valence-electron chi connectivity index (χ0n) is 31.8. The first kappa shape index (κ1) is 35.4. The second-order valence-corrected chi connectivity index (χ2v) is 18.9. The lowest BCUT2D eigenvalue weighted by molar-refractivity contribution is -0.247. The molecule has 5 aliphatic carbocycles. The monoisotopic (exact) mass is 708 g/mol. The molecule has 1 heterocycles. The van der Waals surface area contributed by atoms with E-state index in [0.29, 0.717) is 36.2 Å². The number of aliphatic hydroxyl groups excluding tert-OH is 1. The van der Waals surface area contributed by atoms with E-state index in [2.05, 4.69) is 48.1 Å². The van der Waals surface area contributed by atoms with Crippen LogP contribution in [0.15, 0.2) is 64.0 Å². The molecule has 7 nitrogen and oxygen atoms in total. The van der Waals surface area contributed by atoms with Gasteiger partial charge in [-0.2, -0.15) is 0 Å². The van der Waals surface area contributed by atoms with E-state index < -0.39 is 5.41 Å². The molecule has 10 atom stereocenters. The number of esters is 1. The molecule has 0 spiro atoms. The van der Waals surface area contributed by atoms with Crippen molar-refractivity contribution in [3.05, 3.63) is 65.0 Å². The number of carbonyl (C=O) groups excluding carboxylic acids is 1. The first-order valence-corrected chi connectivity index (χ1v) is 19.6. The highest BCUT2D eigenvalue weighted by Gasteiger charge is 2.72. The molecule has 8 rings (SSSR count). The summed E-state index contributed by atoms with van der Waals surface area (Å²) in [7, 11) is 0. The molecule has 5 aliphatic rings. The van der Waals surface area contributed by atoms with Crippen LogP contribution < -0.4 is 10.2 Å². The third-order valence-electron chi connectivity index (χ3n) is 16.7. The Bertz CT molecular complexity index is 2010. The summed E-state index contributed by atoms with van der Waals surface area (Å²) in [5, 5.41) is 31.8. The SMILES string of the molecule is C=C(C)[C@@H]1CC[C@]2(C(=O)Oc3cc(O)cc4occ(-c5ccc(O)cc5)c(=O)c34)CC[C@]3(C)[C@H](CC[C@@H]4[C@@]5(C)CC[C@H](O)C(C)(C)[C@@H]5CC[C@]43C)[C@@H]12. The summed E-state index contributed by atoms with van der Waals surface area (Å²) in [6.45, 7) is 18.8. The average Bonchev–Trinajstić information content (AvgIpc) is 3.49. The van der Waals surface area contributed by atoms with Gasteiger partial charge in [0.25, 0.3) is 0 Å². The molecule has 278 valence electrons. The summed E-state index contributed by atoms with van der Waals surface area (Å²) in [4.78, 5) is 29.0. The largest absolute Gasteiger partial charge is 0.508 e. The Morgan fingerprint density at radius 3 is 2.29 bits per heavy atom. The molecule has 3 N–H and O–H groups in total. The van der Waals surface area contributed by atoms with E-state index in [9.17, 15) is 24.9 Å². The number of benzene rings is 2. The Kier molecular flexibility index (Phi) is 7.98. The van der Waals surface area contributed by atoms with E-state index in [-0.39, 0.29) is 84.8 Å². The van der Waals surface area contributed by atoms with E-state index in [0.717, 1.165) is 56.9 Å². The fourth-order valence-electron chi connectivity index (χ4n) is 13.8. The molecule has 0 radical (unpaired) electrons. The molecule has 7 heteroatoms. The highest BCUT2D eigenvalue weighted by atomic mass is 16.5. The van der Waals surface area contributed by atoms with Crippen LogP contribution in [0.4, 0.5) is 0 Å². The first-order chi connectivity index (χ1) is 24.5. The molecule has 5 saturated carbocycles. The van der Waals surface area contributed by atoms with Crippen molar-refractivity contribution in [3.63, 3.8) is 0 Å². The number of phenols is 2. The summed E-state index contributed by atoms with van der Waals surface area (Å²) in [6.07, 6.45) is 10.7. The van der Waals surface area contributed by atoms with Crippen LogP contribution in [0.1, 0.15) is 106 Å². The number of aliphatic hydroxyl groups is 1. The number of carbonyl (C=O) groups is 1. The van der Waals surface area contributed by atoms with E-state index >= 15 is 0 Å². The van der Waals surface area contributed by atoms with Crippen molar-refractivity contribution in [2.45, 2.75) is 112 Å². The van der Waals surface area contributed by atoms with E-state index in [1.54, 1.807) is 12.1 Å². The van der Waals surface area contributed by atoms with Crippen LogP contribution in [-0.4, -0.2) is 27.4 Å². The molecule has 2 aromatic carbocycles. The maximum absolute atomic E-state index is 15.0. The Hall–Kier alpha value is -3.58. The van der Waals surface area contributed by atoms with Crippen molar-refractivity contribution in [2.75, 3.05) is 0 Å². The third-order valence-corrected chi connectivity index (χ3v) is 16.7. The normalized spacial score (nSPS) is 39.1. The molecule has 0 aliphatic heterocycles. The third kappa shape index (κ3) is 4.72. The summed E-state index contributed by atoms with van der Waals surface area (Å²) < 4.78 is 12.2. The molecule has 1 aromatic heterocycles. The fourth-order valence-corrected chi connectivity index (χ4v) is 13.8. The van der Waals surface area contributed by atoms with Gasteiger partial charge in [-0.05, 0) is 140 Å². The zero-order valence-corrected chi connectivity index (χ0v) is 31.8. The number of hydrogen-bond acceptors (Lipinski definition) is 7. The summed E-state index contributed by atoms with van der Waals surface area (Å²) in [5.74, 6) is 1.23. The lowest BCUT2D eigenvalue weighted by Crippen LogP contribution is -2.67. The lowest BCUT2D eigenvalue weighted by atomic mass is 9.32. The van der Waals surface area contributed by atoms with Gasteiger partial charge in [0, 0.05) is 12.1 Å². The van der Waals surface area contributed by atoms with E-state index in [4.69, 9.17) is 9.15 Å². The molecule has 5 fully saturated rings. The van der Waals surface area contributed by atoms with E-state index in [1.165, 1.54) is 30.5 Å². The van der Waals surface area contributed by atoms with Gasteiger partial charge in [0.1, 0.15) is 34.5 Å². The van der Waals surface area contributed by atoms with Gasteiger partial charge in [0.05, 0.1) is 17.1 Å². The fraction of sp³-hybridized carbons (Fsp3) is 0.600. The smallest absolute Gasteiger partial charge is 0.317 e. The van der Waals surface area contributed by atoms with Gasteiger partial charge in [0.15, 0.2) is 0 Å². The molecule has 3 aromatic rings. The van der Waals surface area contributed by atoms with Crippen molar-refractivity contribution in [1.29, 1.82) is 0 Å². The van der Waals surface area contributed by atoms with Crippen LogP contribution in [-0.2, 0) is 4.79 Å². The summed E-state index contributed by atoms with van der Waals surface area (Å²) >= 11 is 0. The Morgan fingerprint density at radius 2 is 1.58 bits per heavy atom. The van der Waals surface area contributed by atoms with Gasteiger partial charge in [0.2, 0.25) is 5.43 Å². The minimum Gasteiger partial charge on any atom is -0.508 e. The number of allylic oxidation sites excluding steroid dienone is 1. The minimum absolute atomic E-state index is 0.0126. The molecule has 0 bridgehead atoms. The maximum Gasteiger partial charge on any atom is 0.317 e. The van der Waals surface area contributed by atoms with Gasteiger partial charge < -0.3 is 24.5 Å². The standard InChI is InChI=1S/C45H56O7/c1-25(2)29-14-19-45(40(50)52-33-23-28(47)22-32-37(33)39(49)30(24-51-32)26-8-10-27(46)11-9-26)21-20-43(6)31(38(29)45)12-13-35-42(5)17-16-36(48)41(3,4)34(42)15-18-44(35,43)7/h8-11,22-24,29,31,34-36,38,46-48H,1,12-21H2,2-7H3/t29-,31+,34-,35+,36-,38+,42-,43+,44+,45-/m0/s1. The van der Waals surface area contributed by atoms with Crippen LogP contribution in [0.5, 0.6) is 17.2 Å². The van der Waals surface area contributed by atoms with Gasteiger partial charge in [-0.15, -0.1) is 0 Å². The number of phenolic OH excluding ortho intramolecular Hbond substituents is 2. The number of fused-ring (bicyclic) bond motifs is 8. The van der Waals surface area contributed by atoms with Crippen molar-refractivity contribution < 1.29 is 29.3 Å². The first-order valence-electron chi connectivity index (χ1n) is 19.6. The van der Waals surface area contributed by atoms with Crippen molar-refractivity contribution in [3.8, 4) is 28.4 Å². The zero-order chi connectivity index (χ0) is 37.2. The van der Waals surface area contributed by atoms with Crippen molar-refractivity contribution in [1.82, 2.24) is 0 Å². The molecule has 0 saturated heterocycles. The Balaban J connectivity index is 1.17. The minimum atomic E-state index is -0.735. The van der Waals surface area contributed by atoms with Crippen LogP contribution >= 0.6 is 0 Å². The predicted molar refractivity (Wildman–Crippen MR) is 202 cm³/mol. The van der Waals surface area contributed by atoms with Gasteiger partial charge in [-0.25, -0.2) is 0 Å². The number of hydrogen-bond donors (Lipinski definition) is 3. The number of rotatable bonds is 4. The summed E-state index contributed by atoms with van der Waals surface area (Å²) in [6, 6.07) is 9.01. The molecule has 0 amide bonds. The molecule has 0 unspecified atom stereocenters. The number of ether oxygens (including phenoxy) is 1. The molecule has 52 heavy (non-hydrogen) atoms. The second-order valence-electron chi connectivity index (χ2n) is 18.9. The maximum atomic E-state index is 15.0. The molecular formula is C45H56O7. The van der Waals surface area contributed by atoms with Crippen LogP contribution in [0.2, 0.25) is 0 Å². The Morgan fingerprint density at radius 1 is 0.846 bits per heavy atom.